The number of ketones is 1. The fraction of sp³-hybridized carbons (Fsp3) is 0.190. The molecule has 0 fully saturated rings. The lowest BCUT2D eigenvalue weighted by Crippen LogP contribution is -2.15. The molecule has 144 valence electrons. The zero-order chi connectivity index (χ0) is 19.9. The van der Waals surface area contributed by atoms with Gasteiger partial charge in [0.05, 0.1) is 5.25 Å². The minimum atomic E-state index is -0.321. The molecule has 0 bridgehead atoms. The largest absolute Gasteiger partial charge is 0.486 e. The SMILES string of the molecule is C=CCn1c(COc2ccc(F)cc2)nnc1S[C@H](C)C(=O)c1ccccc1. The molecular formula is C21H20FN3O2S. The van der Waals surface area contributed by atoms with Crippen molar-refractivity contribution < 1.29 is 13.9 Å². The summed E-state index contributed by atoms with van der Waals surface area (Å²) in [6, 6.07) is 14.9. The maximum absolute atomic E-state index is 13.0. The van der Waals surface area contributed by atoms with E-state index in [2.05, 4.69) is 16.8 Å². The van der Waals surface area contributed by atoms with Crippen LogP contribution in [-0.2, 0) is 13.2 Å². The fourth-order valence-corrected chi connectivity index (χ4v) is 3.51. The lowest BCUT2D eigenvalue weighted by atomic mass is 10.1. The van der Waals surface area contributed by atoms with Crippen molar-refractivity contribution in [3.8, 4) is 5.75 Å². The molecule has 0 saturated carbocycles. The molecule has 0 N–H and O–H groups in total. The van der Waals surface area contributed by atoms with Crippen LogP contribution in [0.15, 0.2) is 72.4 Å². The molecule has 1 aromatic heterocycles. The van der Waals surface area contributed by atoms with Gasteiger partial charge in [0, 0.05) is 12.1 Å². The van der Waals surface area contributed by atoms with Crippen molar-refractivity contribution in [3.05, 3.63) is 84.5 Å². The number of nitrogens with zero attached hydrogens (tertiary/aromatic N) is 3. The van der Waals surface area contributed by atoms with Crippen LogP contribution in [-0.4, -0.2) is 25.8 Å². The highest BCUT2D eigenvalue weighted by molar-refractivity contribution is 8.00. The van der Waals surface area contributed by atoms with Gasteiger partial charge < -0.3 is 4.74 Å². The summed E-state index contributed by atoms with van der Waals surface area (Å²) in [5.41, 5.74) is 0.664. The third kappa shape index (κ3) is 4.86. The van der Waals surface area contributed by atoms with Crippen molar-refractivity contribution in [2.75, 3.05) is 0 Å². The number of allylic oxidation sites excluding steroid dienone is 1. The summed E-state index contributed by atoms with van der Waals surface area (Å²) in [7, 11) is 0. The number of carbonyl (C=O) groups excluding carboxylic acids is 1. The fourth-order valence-electron chi connectivity index (χ4n) is 2.55. The minimum absolute atomic E-state index is 0.0304. The highest BCUT2D eigenvalue weighted by Gasteiger charge is 2.21. The first kappa shape index (κ1) is 19.8. The van der Waals surface area contributed by atoms with E-state index in [9.17, 15) is 9.18 Å². The van der Waals surface area contributed by atoms with E-state index < -0.39 is 0 Å². The number of rotatable bonds is 9. The van der Waals surface area contributed by atoms with Crippen molar-refractivity contribution >= 4 is 17.5 Å². The third-order valence-corrected chi connectivity index (χ3v) is 5.08. The molecular weight excluding hydrogens is 377 g/mol. The van der Waals surface area contributed by atoms with Crippen LogP contribution in [0.3, 0.4) is 0 Å². The summed E-state index contributed by atoms with van der Waals surface area (Å²) < 4.78 is 20.5. The Kier molecular flexibility index (Phi) is 6.60. The number of ether oxygens (including phenoxy) is 1. The molecule has 1 heterocycles. The quantitative estimate of drug-likeness (QED) is 0.301. The van der Waals surface area contributed by atoms with Crippen LogP contribution in [0.5, 0.6) is 5.75 Å². The molecule has 0 spiro atoms. The van der Waals surface area contributed by atoms with Gasteiger partial charge in [0.1, 0.15) is 18.2 Å². The van der Waals surface area contributed by atoms with Gasteiger partial charge in [0.25, 0.3) is 0 Å². The van der Waals surface area contributed by atoms with Gasteiger partial charge >= 0.3 is 0 Å². The third-order valence-electron chi connectivity index (χ3n) is 4.00. The summed E-state index contributed by atoms with van der Waals surface area (Å²) in [5.74, 6) is 0.850. The lowest BCUT2D eigenvalue weighted by Gasteiger charge is -2.12. The average Bonchev–Trinajstić information content (AvgIpc) is 3.09. The standard InChI is InChI=1S/C21H20FN3O2S/c1-3-13-25-19(14-27-18-11-9-17(22)10-12-18)23-24-21(25)28-15(2)20(26)16-7-5-4-6-8-16/h3-12,15H,1,13-14H2,2H3/t15-/m1/s1. The summed E-state index contributed by atoms with van der Waals surface area (Å²) in [5, 5.41) is 8.70. The average molecular weight is 397 g/mol. The smallest absolute Gasteiger partial charge is 0.192 e. The van der Waals surface area contributed by atoms with E-state index in [1.165, 1.54) is 23.9 Å². The molecule has 0 radical (unpaired) electrons. The van der Waals surface area contributed by atoms with Crippen molar-refractivity contribution in [3.63, 3.8) is 0 Å². The first-order valence-electron chi connectivity index (χ1n) is 8.75. The Morgan fingerprint density at radius 3 is 2.61 bits per heavy atom. The van der Waals surface area contributed by atoms with Gasteiger partial charge in [-0.2, -0.15) is 0 Å². The van der Waals surface area contributed by atoms with Crippen LogP contribution >= 0.6 is 11.8 Å². The molecule has 2 aromatic carbocycles. The van der Waals surface area contributed by atoms with Crippen LogP contribution in [0, 0.1) is 5.82 Å². The highest BCUT2D eigenvalue weighted by Crippen LogP contribution is 2.25. The molecule has 0 amide bonds. The molecule has 0 aliphatic rings. The zero-order valence-corrected chi connectivity index (χ0v) is 16.2. The summed E-state index contributed by atoms with van der Waals surface area (Å²) in [6.45, 7) is 6.29. The predicted molar refractivity (Wildman–Crippen MR) is 107 cm³/mol. The minimum Gasteiger partial charge on any atom is -0.486 e. The van der Waals surface area contributed by atoms with Crippen LogP contribution in [0.1, 0.15) is 23.1 Å². The van der Waals surface area contributed by atoms with Gasteiger partial charge in [0.15, 0.2) is 16.8 Å². The Balaban J connectivity index is 1.71. The number of benzene rings is 2. The van der Waals surface area contributed by atoms with Gasteiger partial charge in [-0.05, 0) is 31.2 Å². The zero-order valence-electron chi connectivity index (χ0n) is 15.4. The van der Waals surface area contributed by atoms with Crippen LogP contribution in [0.4, 0.5) is 4.39 Å². The van der Waals surface area contributed by atoms with Crippen molar-refractivity contribution in [1.29, 1.82) is 0 Å². The monoisotopic (exact) mass is 397 g/mol. The maximum atomic E-state index is 13.0. The van der Waals surface area contributed by atoms with E-state index in [0.29, 0.717) is 28.8 Å². The van der Waals surface area contributed by atoms with Crippen LogP contribution in [0.2, 0.25) is 0 Å². The number of carbonyl (C=O) groups is 1. The number of aromatic nitrogens is 3. The second-order valence-corrected chi connectivity index (χ2v) is 7.34. The second-order valence-electron chi connectivity index (χ2n) is 6.03. The van der Waals surface area contributed by atoms with Gasteiger partial charge in [-0.1, -0.05) is 48.2 Å². The number of hydrogen-bond acceptors (Lipinski definition) is 5. The van der Waals surface area contributed by atoms with E-state index in [0.717, 1.165) is 0 Å². The molecule has 1 atom stereocenters. The van der Waals surface area contributed by atoms with Crippen LogP contribution < -0.4 is 4.74 Å². The Labute approximate surface area is 167 Å². The van der Waals surface area contributed by atoms with E-state index >= 15 is 0 Å². The second kappa shape index (κ2) is 9.32. The Morgan fingerprint density at radius 2 is 1.93 bits per heavy atom. The molecule has 0 aliphatic carbocycles. The van der Waals surface area contributed by atoms with E-state index in [4.69, 9.17) is 4.74 Å². The van der Waals surface area contributed by atoms with E-state index in [1.807, 2.05) is 29.7 Å². The Hall–Kier alpha value is -2.93. The number of Topliss-reactive ketones (excluding diaryl/α,β-unsaturated/α-hetero) is 1. The molecule has 3 rings (SSSR count). The van der Waals surface area contributed by atoms with Crippen molar-refractivity contribution in [2.45, 2.75) is 30.5 Å². The summed E-state index contributed by atoms with van der Waals surface area (Å²) in [4.78, 5) is 12.6. The van der Waals surface area contributed by atoms with Gasteiger partial charge in [-0.15, -0.1) is 16.8 Å². The van der Waals surface area contributed by atoms with Crippen molar-refractivity contribution in [2.24, 2.45) is 0 Å². The van der Waals surface area contributed by atoms with Gasteiger partial charge in [0.2, 0.25) is 0 Å². The molecule has 0 unspecified atom stereocenters. The molecule has 7 heteroatoms. The Bertz CT molecular complexity index is 942. The normalized spacial score (nSPS) is 11.8. The van der Waals surface area contributed by atoms with Gasteiger partial charge in [-0.25, -0.2) is 4.39 Å². The first-order valence-corrected chi connectivity index (χ1v) is 9.63. The maximum Gasteiger partial charge on any atom is 0.192 e. The lowest BCUT2D eigenvalue weighted by molar-refractivity contribution is 0.0994. The predicted octanol–water partition coefficient (Wildman–Crippen LogP) is 4.55. The highest BCUT2D eigenvalue weighted by atomic mass is 32.2. The van der Waals surface area contributed by atoms with E-state index in [-0.39, 0.29) is 23.5 Å². The molecule has 0 aliphatic heterocycles. The molecule has 28 heavy (non-hydrogen) atoms. The Morgan fingerprint density at radius 1 is 1.21 bits per heavy atom. The molecule has 5 nitrogen and oxygen atoms in total. The topological polar surface area (TPSA) is 57.0 Å². The van der Waals surface area contributed by atoms with Crippen molar-refractivity contribution in [1.82, 2.24) is 14.8 Å². The number of thioether (sulfide) groups is 1. The first-order chi connectivity index (χ1) is 13.6. The summed E-state index contributed by atoms with van der Waals surface area (Å²) in [6.07, 6.45) is 1.73. The number of halogens is 1. The van der Waals surface area contributed by atoms with Crippen LogP contribution in [0.25, 0.3) is 0 Å². The summed E-state index contributed by atoms with van der Waals surface area (Å²) >= 11 is 1.34. The molecule has 0 saturated heterocycles. The van der Waals surface area contributed by atoms with E-state index in [1.54, 1.807) is 30.3 Å². The number of hydrogen-bond donors (Lipinski definition) is 0. The van der Waals surface area contributed by atoms with Gasteiger partial charge in [-0.3, -0.25) is 9.36 Å². The molecule has 3 aromatic rings.